The first-order chi connectivity index (χ1) is 8.26. The molecule has 0 saturated heterocycles. The van der Waals surface area contributed by atoms with Crippen molar-refractivity contribution in [3.05, 3.63) is 42.0 Å². The summed E-state index contributed by atoms with van der Waals surface area (Å²) >= 11 is 0. The lowest BCUT2D eigenvalue weighted by Gasteiger charge is -2.06. The van der Waals surface area contributed by atoms with Crippen LogP contribution in [0.4, 0.5) is 5.69 Å². The Labute approximate surface area is 103 Å². The van der Waals surface area contributed by atoms with Crippen molar-refractivity contribution in [1.82, 2.24) is 0 Å². The van der Waals surface area contributed by atoms with Gasteiger partial charge in [0.2, 0.25) is 0 Å². The standard InChI is InChI=1S/C14H21N3/c1-3-5-6-10-16-14(15)17-13-9-7-8-12(4-2)11-13/h3,5,7-9,11H,4,6,10H2,1-2H3,(H3,15,16,17). The van der Waals surface area contributed by atoms with E-state index in [-0.39, 0.29) is 0 Å². The van der Waals surface area contributed by atoms with Gasteiger partial charge in [0.05, 0.1) is 0 Å². The Morgan fingerprint density at radius 2 is 2.29 bits per heavy atom. The van der Waals surface area contributed by atoms with Crippen molar-refractivity contribution in [2.24, 2.45) is 10.7 Å². The van der Waals surface area contributed by atoms with E-state index < -0.39 is 0 Å². The van der Waals surface area contributed by atoms with E-state index in [2.05, 4.69) is 35.4 Å². The fourth-order valence-electron chi connectivity index (χ4n) is 1.48. The Morgan fingerprint density at radius 3 is 3.00 bits per heavy atom. The number of benzene rings is 1. The molecular weight excluding hydrogens is 210 g/mol. The zero-order valence-corrected chi connectivity index (χ0v) is 10.6. The third-order valence-electron chi connectivity index (χ3n) is 2.42. The minimum absolute atomic E-state index is 0.475. The van der Waals surface area contributed by atoms with Crippen molar-refractivity contribution >= 4 is 11.6 Å². The quantitative estimate of drug-likeness (QED) is 0.354. The Kier molecular flexibility index (Phi) is 5.86. The fraction of sp³-hybridized carbons (Fsp3) is 0.357. The molecule has 0 bridgehead atoms. The van der Waals surface area contributed by atoms with Crippen LogP contribution in [0.3, 0.4) is 0 Å². The largest absolute Gasteiger partial charge is 0.370 e. The molecule has 0 saturated carbocycles. The predicted octanol–water partition coefficient (Wildman–Crippen LogP) is 2.94. The molecule has 17 heavy (non-hydrogen) atoms. The minimum atomic E-state index is 0.475. The molecule has 0 aliphatic heterocycles. The van der Waals surface area contributed by atoms with Crippen molar-refractivity contribution in [3.63, 3.8) is 0 Å². The summed E-state index contributed by atoms with van der Waals surface area (Å²) in [6.07, 6.45) is 6.04. The Morgan fingerprint density at radius 1 is 1.47 bits per heavy atom. The van der Waals surface area contributed by atoms with Gasteiger partial charge in [0.25, 0.3) is 0 Å². The van der Waals surface area contributed by atoms with Gasteiger partial charge in [0.1, 0.15) is 0 Å². The number of rotatable bonds is 5. The highest BCUT2D eigenvalue weighted by Gasteiger charge is 1.95. The number of anilines is 1. The maximum atomic E-state index is 5.79. The van der Waals surface area contributed by atoms with E-state index in [0.717, 1.165) is 25.1 Å². The summed E-state index contributed by atoms with van der Waals surface area (Å²) in [4.78, 5) is 4.24. The number of aryl methyl sites for hydroxylation is 1. The highest BCUT2D eigenvalue weighted by Crippen LogP contribution is 2.10. The van der Waals surface area contributed by atoms with Crippen LogP contribution in [0.1, 0.15) is 25.8 Å². The lowest BCUT2D eigenvalue weighted by molar-refractivity contribution is 1.000. The fourth-order valence-corrected chi connectivity index (χ4v) is 1.48. The van der Waals surface area contributed by atoms with Crippen molar-refractivity contribution < 1.29 is 0 Å². The third kappa shape index (κ3) is 5.20. The van der Waals surface area contributed by atoms with Crippen LogP contribution in [0.5, 0.6) is 0 Å². The molecule has 0 atom stereocenters. The molecule has 92 valence electrons. The number of guanidine groups is 1. The van der Waals surface area contributed by atoms with Gasteiger partial charge < -0.3 is 11.1 Å². The smallest absolute Gasteiger partial charge is 0.193 e. The van der Waals surface area contributed by atoms with E-state index in [4.69, 9.17) is 5.73 Å². The molecule has 0 heterocycles. The molecule has 0 amide bonds. The average molecular weight is 231 g/mol. The number of aliphatic imine (C=N–C) groups is 1. The van der Waals surface area contributed by atoms with Gasteiger partial charge in [-0.05, 0) is 37.5 Å². The highest BCUT2D eigenvalue weighted by atomic mass is 15.1. The van der Waals surface area contributed by atoms with Crippen LogP contribution in [0.2, 0.25) is 0 Å². The van der Waals surface area contributed by atoms with Gasteiger partial charge in [-0.2, -0.15) is 0 Å². The molecule has 3 heteroatoms. The van der Waals surface area contributed by atoms with Crippen LogP contribution in [0.25, 0.3) is 0 Å². The third-order valence-corrected chi connectivity index (χ3v) is 2.42. The van der Waals surface area contributed by atoms with Crippen LogP contribution in [-0.4, -0.2) is 12.5 Å². The normalized spacial score (nSPS) is 12.0. The Hall–Kier alpha value is -1.77. The minimum Gasteiger partial charge on any atom is -0.370 e. The van der Waals surface area contributed by atoms with Gasteiger partial charge in [0, 0.05) is 12.2 Å². The molecule has 0 radical (unpaired) electrons. The van der Waals surface area contributed by atoms with E-state index in [1.165, 1.54) is 5.56 Å². The van der Waals surface area contributed by atoms with Crippen molar-refractivity contribution in [1.29, 1.82) is 0 Å². The van der Waals surface area contributed by atoms with Crippen LogP contribution in [0, 0.1) is 0 Å². The zero-order chi connectivity index (χ0) is 12.5. The highest BCUT2D eigenvalue weighted by molar-refractivity contribution is 5.92. The maximum Gasteiger partial charge on any atom is 0.193 e. The van der Waals surface area contributed by atoms with E-state index in [1.54, 1.807) is 0 Å². The summed E-state index contributed by atoms with van der Waals surface area (Å²) in [7, 11) is 0. The Balaban J connectivity index is 2.51. The van der Waals surface area contributed by atoms with Crippen molar-refractivity contribution in [2.75, 3.05) is 11.9 Å². The van der Waals surface area contributed by atoms with Gasteiger partial charge in [0.15, 0.2) is 5.96 Å². The summed E-state index contributed by atoms with van der Waals surface area (Å²) in [5.74, 6) is 0.475. The molecule has 1 aromatic rings. The SMILES string of the molecule is CC=CCCN=C(N)Nc1cccc(CC)c1. The van der Waals surface area contributed by atoms with Crippen LogP contribution in [-0.2, 0) is 6.42 Å². The monoisotopic (exact) mass is 231 g/mol. The van der Waals surface area contributed by atoms with Gasteiger partial charge in [-0.15, -0.1) is 0 Å². The Bertz CT molecular complexity index is 394. The zero-order valence-electron chi connectivity index (χ0n) is 10.6. The van der Waals surface area contributed by atoms with Crippen LogP contribution < -0.4 is 11.1 Å². The van der Waals surface area contributed by atoms with Crippen LogP contribution in [0.15, 0.2) is 41.4 Å². The first-order valence-corrected chi connectivity index (χ1v) is 6.03. The summed E-state index contributed by atoms with van der Waals surface area (Å²) in [5, 5.41) is 3.10. The first kappa shape index (κ1) is 13.3. The molecular formula is C14H21N3. The number of nitrogens with two attached hydrogens (primary N) is 1. The van der Waals surface area contributed by atoms with E-state index in [1.807, 2.05) is 25.1 Å². The number of nitrogens with zero attached hydrogens (tertiary/aromatic N) is 1. The molecule has 0 unspecified atom stereocenters. The van der Waals surface area contributed by atoms with Crippen LogP contribution >= 0.6 is 0 Å². The first-order valence-electron chi connectivity index (χ1n) is 6.03. The molecule has 1 aromatic carbocycles. The average Bonchev–Trinajstić information content (AvgIpc) is 2.35. The second-order valence-corrected chi connectivity index (χ2v) is 3.80. The van der Waals surface area contributed by atoms with E-state index in [9.17, 15) is 0 Å². The second-order valence-electron chi connectivity index (χ2n) is 3.80. The second kappa shape index (κ2) is 7.49. The van der Waals surface area contributed by atoms with Crippen molar-refractivity contribution in [3.8, 4) is 0 Å². The molecule has 1 rings (SSSR count). The van der Waals surface area contributed by atoms with Crippen molar-refractivity contribution in [2.45, 2.75) is 26.7 Å². The topological polar surface area (TPSA) is 50.4 Å². The molecule has 3 nitrogen and oxygen atoms in total. The van der Waals surface area contributed by atoms with Gasteiger partial charge in [-0.25, -0.2) is 0 Å². The number of hydrogen-bond donors (Lipinski definition) is 2. The number of hydrogen-bond acceptors (Lipinski definition) is 1. The summed E-state index contributed by atoms with van der Waals surface area (Å²) < 4.78 is 0. The molecule has 0 aliphatic carbocycles. The van der Waals surface area contributed by atoms with Gasteiger partial charge >= 0.3 is 0 Å². The molecule has 0 aliphatic rings. The number of allylic oxidation sites excluding steroid dienone is 1. The van der Waals surface area contributed by atoms with E-state index >= 15 is 0 Å². The molecule has 0 fully saturated rings. The van der Waals surface area contributed by atoms with E-state index in [0.29, 0.717) is 5.96 Å². The predicted molar refractivity (Wildman–Crippen MR) is 75.4 cm³/mol. The molecule has 0 aromatic heterocycles. The summed E-state index contributed by atoms with van der Waals surface area (Å²) in [5.41, 5.74) is 8.08. The molecule has 0 spiro atoms. The van der Waals surface area contributed by atoms with Gasteiger partial charge in [-0.3, -0.25) is 4.99 Å². The maximum absolute atomic E-state index is 5.79. The lowest BCUT2D eigenvalue weighted by atomic mass is 10.1. The number of nitrogens with one attached hydrogen (secondary N) is 1. The molecule has 3 N–H and O–H groups in total. The summed E-state index contributed by atoms with van der Waals surface area (Å²) in [6.45, 7) is 4.85. The lowest BCUT2D eigenvalue weighted by Crippen LogP contribution is -2.22. The summed E-state index contributed by atoms with van der Waals surface area (Å²) in [6, 6.07) is 8.21. The van der Waals surface area contributed by atoms with Gasteiger partial charge in [-0.1, -0.05) is 31.2 Å².